The van der Waals surface area contributed by atoms with Gasteiger partial charge in [0.1, 0.15) is 35.1 Å². The molecule has 0 spiro atoms. The highest BCUT2D eigenvalue weighted by Gasteiger charge is 2.40. The minimum atomic E-state index is -1.44. The third-order valence-electron chi connectivity index (χ3n) is 12.2. The molecular weight excluding hydrogens is 851 g/mol. The van der Waals surface area contributed by atoms with Gasteiger partial charge in [-0.2, -0.15) is 5.06 Å². The number of aromatic nitrogens is 4. The summed E-state index contributed by atoms with van der Waals surface area (Å²) in [6, 6.07) is 17.5. The molecule has 8 heterocycles. The van der Waals surface area contributed by atoms with Gasteiger partial charge in [-0.3, -0.25) is 9.80 Å². The lowest BCUT2D eigenvalue weighted by Crippen LogP contribution is -2.47. The molecule has 0 unspecified atom stereocenters. The second-order valence-electron chi connectivity index (χ2n) is 16.3. The van der Waals surface area contributed by atoms with Gasteiger partial charge in [-0.15, -0.1) is 11.3 Å². The number of piperazine rings is 1. The number of fused-ring (bicyclic) bond motifs is 8. The summed E-state index contributed by atoms with van der Waals surface area (Å²) in [6.07, 6.45) is 2.65. The third-order valence-corrected chi connectivity index (χ3v) is 13.8. The maximum absolute atomic E-state index is 14.2. The van der Waals surface area contributed by atoms with E-state index in [1.54, 1.807) is 24.4 Å². The van der Waals surface area contributed by atoms with Crippen molar-refractivity contribution in [2.45, 2.75) is 50.8 Å². The van der Waals surface area contributed by atoms with E-state index >= 15 is 0 Å². The Labute approximate surface area is 370 Å². The summed E-state index contributed by atoms with van der Waals surface area (Å²) >= 11 is 8.38. The zero-order chi connectivity index (χ0) is 43.2. The van der Waals surface area contributed by atoms with Crippen LogP contribution in [-0.2, 0) is 35.6 Å². The van der Waals surface area contributed by atoms with Crippen molar-refractivity contribution in [1.82, 2.24) is 34.8 Å². The molecule has 326 valence electrons. The summed E-state index contributed by atoms with van der Waals surface area (Å²) in [5, 5.41) is 34.6. The van der Waals surface area contributed by atoms with Gasteiger partial charge in [0, 0.05) is 87.5 Å². The molecule has 3 saturated heterocycles. The Balaban J connectivity index is 1.05. The number of nitrogens with zero attached hydrogens (tertiary/aromatic N) is 8. The molecule has 0 saturated carbocycles. The number of morpholine rings is 1. The highest BCUT2D eigenvalue weighted by molar-refractivity contribution is 7.22. The van der Waals surface area contributed by atoms with E-state index in [1.807, 2.05) is 30.3 Å². The second-order valence-corrected chi connectivity index (χ2v) is 17.7. The number of carbonyl (C=O) groups is 1. The molecule has 15 nitrogen and oxygen atoms in total. The topological polar surface area (TPSA) is 170 Å². The van der Waals surface area contributed by atoms with Gasteiger partial charge in [0.25, 0.3) is 0 Å². The summed E-state index contributed by atoms with van der Waals surface area (Å²) < 4.78 is 32.9. The summed E-state index contributed by atoms with van der Waals surface area (Å²) in [6.45, 7) is 6.22. The summed E-state index contributed by atoms with van der Waals surface area (Å²) in [5.41, 5.74) is 4.36. The smallest absolute Gasteiger partial charge is 0.345 e. The third kappa shape index (κ3) is 8.61. The first-order chi connectivity index (χ1) is 30.6. The standard InChI is InChI=1S/C45H44ClFN8O7S/c46-39-28-4-7-34(40(39)56)37-38-42(49-25-50-43(38)63-41(37)27-2-5-30(47)6-3-27)62-36(44(57)58)18-29-17-26(20-53(21-28)12-11-52-13-15-54(59)16-14-52)1-8-35(29)61-23-31-9-10-48-45(51-31)55-22-33-19-32(55)24-60-33/h1-10,17,25,32-33,36,56,59H,11-16,18-24H2,(H,57,58)/t32-,33-,36+/m0/s1. The van der Waals surface area contributed by atoms with E-state index in [4.69, 9.17) is 30.8 Å². The summed E-state index contributed by atoms with van der Waals surface area (Å²) in [4.78, 5) is 39.4. The molecule has 3 aromatic carbocycles. The van der Waals surface area contributed by atoms with Crippen molar-refractivity contribution in [3.8, 4) is 38.9 Å². The normalized spacial score (nSPS) is 20.7. The fourth-order valence-electron chi connectivity index (χ4n) is 8.89. The van der Waals surface area contributed by atoms with Gasteiger partial charge in [-0.05, 0) is 52.9 Å². The zero-order valence-corrected chi connectivity index (χ0v) is 35.6. The first-order valence-electron chi connectivity index (χ1n) is 20.9. The molecule has 5 aliphatic heterocycles. The van der Waals surface area contributed by atoms with Crippen LogP contribution in [0.4, 0.5) is 10.3 Å². The molecule has 0 radical (unpaired) electrons. The Kier molecular flexibility index (Phi) is 11.6. The van der Waals surface area contributed by atoms with Crippen LogP contribution >= 0.6 is 22.9 Å². The largest absolute Gasteiger partial charge is 0.506 e. The lowest BCUT2D eigenvalue weighted by Gasteiger charge is -2.33. The predicted molar refractivity (Wildman–Crippen MR) is 233 cm³/mol. The summed E-state index contributed by atoms with van der Waals surface area (Å²) in [7, 11) is 0. The fourth-order valence-corrected chi connectivity index (χ4v) is 10.3. The van der Waals surface area contributed by atoms with E-state index in [1.165, 1.54) is 34.9 Å². The monoisotopic (exact) mass is 894 g/mol. The van der Waals surface area contributed by atoms with Gasteiger partial charge < -0.3 is 34.5 Å². The van der Waals surface area contributed by atoms with Crippen LogP contribution < -0.4 is 14.4 Å². The zero-order valence-electron chi connectivity index (χ0n) is 34.1. The van der Waals surface area contributed by atoms with Crippen LogP contribution in [0, 0.1) is 5.82 Å². The molecule has 6 bridgehead atoms. The maximum Gasteiger partial charge on any atom is 0.345 e. The number of benzene rings is 3. The molecule has 3 atom stereocenters. The molecule has 3 aromatic heterocycles. The Bertz CT molecular complexity index is 2670. The minimum Gasteiger partial charge on any atom is -0.506 e. The van der Waals surface area contributed by atoms with Crippen LogP contribution in [0.1, 0.15) is 28.8 Å². The number of phenolic OH excluding ortho intramolecular Hbond substituents is 1. The molecule has 18 heteroatoms. The second kappa shape index (κ2) is 17.6. The summed E-state index contributed by atoms with van der Waals surface area (Å²) in [5.74, 6) is -0.705. The average molecular weight is 895 g/mol. The first-order valence-corrected chi connectivity index (χ1v) is 22.1. The minimum absolute atomic E-state index is 0.0000591. The van der Waals surface area contributed by atoms with Gasteiger partial charge in [0.15, 0.2) is 0 Å². The molecule has 0 aliphatic carbocycles. The number of hydroxylamine groups is 2. The van der Waals surface area contributed by atoms with E-state index in [2.05, 4.69) is 29.7 Å². The van der Waals surface area contributed by atoms with Crippen molar-refractivity contribution in [1.29, 1.82) is 0 Å². The Hall–Kier alpha value is -5.53. The number of hydrogen-bond donors (Lipinski definition) is 3. The quantitative estimate of drug-likeness (QED) is 0.148. The van der Waals surface area contributed by atoms with Crippen molar-refractivity contribution in [2.75, 3.05) is 57.3 Å². The first kappa shape index (κ1) is 41.5. The molecular formula is C45H44ClFN8O7S. The van der Waals surface area contributed by atoms with E-state index < -0.39 is 17.9 Å². The molecule has 3 fully saturated rings. The van der Waals surface area contributed by atoms with Gasteiger partial charge >= 0.3 is 5.97 Å². The van der Waals surface area contributed by atoms with Crippen LogP contribution in [-0.4, -0.2) is 127 Å². The SMILES string of the molecule is O=C(O)[C@H]1Cc2cc(ccc2OCc2ccnc(N3C[C@@H]4C[C@H]3CO4)n2)CN(CCN2CCN(O)CC2)Cc2ccc(c(O)c2Cl)-c2c(-c3ccc(F)cc3)sc3ncnc(c23)O1. The molecule has 63 heavy (non-hydrogen) atoms. The van der Waals surface area contributed by atoms with Gasteiger partial charge in [-0.1, -0.05) is 48.0 Å². The van der Waals surface area contributed by atoms with Gasteiger partial charge in [0.05, 0.1) is 34.9 Å². The van der Waals surface area contributed by atoms with Crippen molar-refractivity contribution >= 4 is 45.1 Å². The van der Waals surface area contributed by atoms with E-state index in [-0.39, 0.29) is 41.8 Å². The van der Waals surface area contributed by atoms with Crippen LogP contribution in [0.3, 0.4) is 0 Å². The number of aromatic hydroxyl groups is 1. The van der Waals surface area contributed by atoms with Gasteiger partial charge in [0.2, 0.25) is 17.9 Å². The predicted octanol–water partition coefficient (Wildman–Crippen LogP) is 6.27. The number of rotatable bonds is 9. The number of ether oxygens (including phenoxy) is 3. The number of anilines is 1. The van der Waals surface area contributed by atoms with Crippen molar-refractivity contribution in [3.05, 3.63) is 106 Å². The Morgan fingerprint density at radius 3 is 2.57 bits per heavy atom. The van der Waals surface area contributed by atoms with Crippen LogP contribution in [0.15, 0.2) is 73.2 Å². The highest BCUT2D eigenvalue weighted by Crippen LogP contribution is 2.51. The highest BCUT2D eigenvalue weighted by atomic mass is 35.5. The lowest BCUT2D eigenvalue weighted by molar-refractivity contribution is -0.145. The molecule has 5 aliphatic rings. The molecule has 11 rings (SSSR count). The Morgan fingerprint density at radius 1 is 0.968 bits per heavy atom. The molecule has 6 aromatic rings. The van der Waals surface area contributed by atoms with E-state index in [9.17, 15) is 24.6 Å². The van der Waals surface area contributed by atoms with Gasteiger partial charge in [-0.25, -0.2) is 29.1 Å². The van der Waals surface area contributed by atoms with Crippen LogP contribution in [0.5, 0.6) is 17.4 Å². The van der Waals surface area contributed by atoms with Crippen LogP contribution in [0.25, 0.3) is 31.8 Å². The van der Waals surface area contributed by atoms with Crippen LogP contribution in [0.2, 0.25) is 5.02 Å². The lowest BCUT2D eigenvalue weighted by atomic mass is 9.97. The average Bonchev–Trinajstić information content (AvgIpc) is 4.03. The number of phenols is 1. The molecule has 0 amide bonds. The fraction of sp³-hybridized carbons (Fsp3) is 0.356. The van der Waals surface area contributed by atoms with Crippen molar-refractivity contribution in [2.24, 2.45) is 0 Å². The Morgan fingerprint density at radius 2 is 1.79 bits per heavy atom. The molecule has 3 N–H and O–H groups in total. The van der Waals surface area contributed by atoms with Crippen molar-refractivity contribution < 1.29 is 38.8 Å². The number of halogens is 2. The number of carboxylic acid groups (broad SMARTS) is 1. The maximum atomic E-state index is 14.2. The number of thiophene rings is 1. The number of aliphatic carboxylic acids is 1. The van der Waals surface area contributed by atoms with E-state index in [0.717, 1.165) is 25.1 Å². The number of carboxylic acids is 1. The van der Waals surface area contributed by atoms with Crippen molar-refractivity contribution in [3.63, 3.8) is 0 Å². The van der Waals surface area contributed by atoms with E-state index in [0.29, 0.717) is 113 Å². The number of hydrogen-bond acceptors (Lipinski definition) is 15.